The summed E-state index contributed by atoms with van der Waals surface area (Å²) in [4.78, 5) is 9.07. The van der Waals surface area contributed by atoms with E-state index in [1.807, 2.05) is 30.4 Å². The van der Waals surface area contributed by atoms with Crippen LogP contribution < -0.4 is 11.1 Å². The Hall–Kier alpha value is -3.72. The highest BCUT2D eigenvalue weighted by atomic mass is 32.2. The lowest BCUT2D eigenvalue weighted by Gasteiger charge is -2.21. The largest absolute Gasteiger partial charge is 0.380 e. The van der Waals surface area contributed by atoms with Crippen LogP contribution in [0.25, 0.3) is 23.1 Å². The summed E-state index contributed by atoms with van der Waals surface area (Å²) in [6.45, 7) is 0. The number of hydrogen-bond acceptors (Lipinski definition) is 8. The van der Waals surface area contributed by atoms with Crippen LogP contribution in [-0.4, -0.2) is 28.8 Å². The Kier molecular flexibility index (Phi) is 6.02. The van der Waals surface area contributed by atoms with Crippen molar-refractivity contribution in [3.8, 4) is 0 Å². The Morgan fingerprint density at radius 1 is 0.941 bits per heavy atom. The number of sulfone groups is 1. The molecule has 0 bridgehead atoms. The zero-order valence-corrected chi connectivity index (χ0v) is 19.3. The molecule has 4 aromatic rings. The summed E-state index contributed by atoms with van der Waals surface area (Å²) in [5.41, 5.74) is 8.87. The number of rotatable bonds is 6. The Labute approximate surface area is 197 Å². The quantitative estimate of drug-likeness (QED) is 0.389. The molecule has 0 saturated heterocycles. The SMILES string of the molecule is Nc1noc2cc(/C=C/c3cnc(Nc4ccc(S(=O)(=O)C5CCCCC5)cc4)nc3)ccc12. The smallest absolute Gasteiger partial charge is 0.227 e. The second-order valence-corrected chi connectivity index (χ2v) is 10.7. The summed E-state index contributed by atoms with van der Waals surface area (Å²) in [6, 6.07) is 12.5. The standard InChI is InChI=1S/C25H25N5O3S/c26-24-22-13-8-17(14-23(22)33-30-24)6-7-18-15-27-25(28-16-18)29-19-9-11-21(12-10-19)34(31,32)20-4-2-1-3-5-20/h6-16,20H,1-5H2,(H2,26,30)(H,27,28,29)/b7-6+. The van der Waals surface area contributed by atoms with E-state index in [9.17, 15) is 8.42 Å². The molecular formula is C25H25N5O3S. The van der Waals surface area contributed by atoms with Crippen molar-refractivity contribution in [1.29, 1.82) is 0 Å². The number of nitrogen functional groups attached to an aromatic ring is 1. The highest BCUT2D eigenvalue weighted by Gasteiger charge is 2.28. The van der Waals surface area contributed by atoms with Crippen LogP contribution in [-0.2, 0) is 9.84 Å². The van der Waals surface area contributed by atoms with Gasteiger partial charge in [-0.3, -0.25) is 0 Å². The minimum absolute atomic E-state index is 0.264. The van der Waals surface area contributed by atoms with Crippen molar-refractivity contribution in [3.63, 3.8) is 0 Å². The van der Waals surface area contributed by atoms with Gasteiger partial charge in [0.25, 0.3) is 0 Å². The van der Waals surface area contributed by atoms with Crippen LogP contribution in [0, 0.1) is 0 Å². The average molecular weight is 476 g/mol. The Bertz CT molecular complexity index is 1420. The van der Waals surface area contributed by atoms with E-state index in [4.69, 9.17) is 10.3 Å². The van der Waals surface area contributed by atoms with Gasteiger partial charge in [-0.15, -0.1) is 0 Å². The lowest BCUT2D eigenvalue weighted by molar-refractivity contribution is 0.460. The molecule has 2 aromatic carbocycles. The molecule has 0 atom stereocenters. The fourth-order valence-corrected chi connectivity index (χ4v) is 6.04. The Balaban J connectivity index is 1.23. The second-order valence-electron chi connectivity index (χ2n) is 8.45. The zero-order chi connectivity index (χ0) is 23.5. The fraction of sp³-hybridized carbons (Fsp3) is 0.240. The number of nitrogens with zero attached hydrogens (tertiary/aromatic N) is 3. The maximum Gasteiger partial charge on any atom is 0.227 e. The van der Waals surface area contributed by atoms with Crippen molar-refractivity contribution in [2.45, 2.75) is 42.2 Å². The van der Waals surface area contributed by atoms with Crippen LogP contribution in [0.3, 0.4) is 0 Å². The molecule has 0 spiro atoms. The third-order valence-corrected chi connectivity index (χ3v) is 8.37. The maximum absolute atomic E-state index is 12.9. The van der Waals surface area contributed by atoms with Crippen molar-refractivity contribution < 1.29 is 12.9 Å². The summed E-state index contributed by atoms with van der Waals surface area (Å²) in [7, 11) is -3.28. The molecule has 8 nitrogen and oxygen atoms in total. The molecule has 2 heterocycles. The maximum atomic E-state index is 12.9. The molecule has 0 amide bonds. The number of hydrogen-bond donors (Lipinski definition) is 2. The third kappa shape index (κ3) is 4.65. The fourth-order valence-electron chi connectivity index (χ4n) is 4.18. The van der Waals surface area contributed by atoms with Gasteiger partial charge in [0.05, 0.1) is 15.5 Å². The van der Waals surface area contributed by atoms with Gasteiger partial charge in [0, 0.05) is 23.6 Å². The van der Waals surface area contributed by atoms with Crippen LogP contribution in [0.4, 0.5) is 17.5 Å². The van der Waals surface area contributed by atoms with Gasteiger partial charge in [-0.25, -0.2) is 18.4 Å². The van der Waals surface area contributed by atoms with Crippen LogP contribution in [0.1, 0.15) is 43.2 Å². The van der Waals surface area contributed by atoms with Crippen molar-refractivity contribution >= 4 is 50.4 Å². The van der Waals surface area contributed by atoms with E-state index in [0.717, 1.165) is 54.3 Å². The first kappa shape index (κ1) is 22.1. The second kappa shape index (κ2) is 9.26. The number of fused-ring (bicyclic) bond motifs is 1. The number of aromatic nitrogens is 3. The van der Waals surface area contributed by atoms with Crippen molar-refractivity contribution in [2.24, 2.45) is 0 Å². The molecule has 5 rings (SSSR count). The highest BCUT2D eigenvalue weighted by Crippen LogP contribution is 2.29. The Morgan fingerprint density at radius 2 is 1.65 bits per heavy atom. The molecule has 1 saturated carbocycles. The molecular weight excluding hydrogens is 450 g/mol. The molecule has 9 heteroatoms. The van der Waals surface area contributed by atoms with E-state index in [2.05, 4.69) is 20.4 Å². The monoisotopic (exact) mass is 475 g/mol. The van der Waals surface area contributed by atoms with Crippen LogP contribution in [0.2, 0.25) is 0 Å². The highest BCUT2D eigenvalue weighted by molar-refractivity contribution is 7.92. The third-order valence-electron chi connectivity index (χ3n) is 6.09. The molecule has 2 aromatic heterocycles. The predicted octanol–water partition coefficient (Wildman–Crippen LogP) is 5.22. The predicted molar refractivity (Wildman–Crippen MR) is 133 cm³/mol. The van der Waals surface area contributed by atoms with Crippen LogP contribution in [0.15, 0.2) is 64.3 Å². The van der Waals surface area contributed by atoms with Gasteiger partial charge in [0.2, 0.25) is 5.95 Å². The summed E-state index contributed by atoms with van der Waals surface area (Å²) >= 11 is 0. The molecule has 34 heavy (non-hydrogen) atoms. The van der Waals surface area contributed by atoms with Gasteiger partial charge in [-0.1, -0.05) is 42.6 Å². The van der Waals surface area contributed by atoms with E-state index >= 15 is 0 Å². The summed E-state index contributed by atoms with van der Waals surface area (Å²) < 4.78 is 30.9. The van der Waals surface area contributed by atoms with E-state index in [0.29, 0.717) is 22.2 Å². The molecule has 174 valence electrons. The number of anilines is 3. The lowest BCUT2D eigenvalue weighted by Crippen LogP contribution is -2.24. The summed E-state index contributed by atoms with van der Waals surface area (Å²) in [6.07, 6.45) is 11.8. The van der Waals surface area contributed by atoms with Gasteiger partial charge < -0.3 is 15.6 Å². The van der Waals surface area contributed by atoms with Gasteiger partial charge in [0.15, 0.2) is 21.2 Å². The minimum Gasteiger partial charge on any atom is -0.380 e. The molecule has 1 fully saturated rings. The first-order chi connectivity index (χ1) is 16.5. The first-order valence-electron chi connectivity index (χ1n) is 11.2. The van der Waals surface area contributed by atoms with Crippen LogP contribution >= 0.6 is 0 Å². The van der Waals surface area contributed by atoms with Gasteiger partial charge in [0.1, 0.15) is 0 Å². The normalized spacial score (nSPS) is 15.2. The number of nitrogens with two attached hydrogens (primary N) is 1. The topological polar surface area (TPSA) is 124 Å². The van der Waals surface area contributed by atoms with E-state index in [-0.39, 0.29) is 5.25 Å². The average Bonchev–Trinajstić information content (AvgIpc) is 3.24. The molecule has 0 unspecified atom stereocenters. The molecule has 0 radical (unpaired) electrons. The molecule has 1 aliphatic carbocycles. The van der Waals surface area contributed by atoms with E-state index in [1.54, 1.807) is 36.7 Å². The van der Waals surface area contributed by atoms with Crippen LogP contribution in [0.5, 0.6) is 0 Å². The molecule has 1 aliphatic rings. The summed E-state index contributed by atoms with van der Waals surface area (Å²) in [5.74, 6) is 0.807. The van der Waals surface area contributed by atoms with E-state index < -0.39 is 9.84 Å². The van der Waals surface area contributed by atoms with Gasteiger partial charge in [-0.05, 0) is 54.8 Å². The number of benzene rings is 2. The van der Waals surface area contributed by atoms with Crippen molar-refractivity contribution in [1.82, 2.24) is 15.1 Å². The van der Waals surface area contributed by atoms with Gasteiger partial charge >= 0.3 is 0 Å². The summed E-state index contributed by atoms with van der Waals surface area (Å²) in [5, 5.41) is 7.40. The number of nitrogens with one attached hydrogen (secondary N) is 1. The molecule has 3 N–H and O–H groups in total. The minimum atomic E-state index is -3.28. The van der Waals surface area contributed by atoms with Crippen molar-refractivity contribution in [3.05, 3.63) is 66.0 Å². The van der Waals surface area contributed by atoms with Gasteiger partial charge in [-0.2, -0.15) is 0 Å². The first-order valence-corrected chi connectivity index (χ1v) is 12.8. The lowest BCUT2D eigenvalue weighted by atomic mass is 10.0. The van der Waals surface area contributed by atoms with Crippen molar-refractivity contribution in [2.75, 3.05) is 11.1 Å². The zero-order valence-electron chi connectivity index (χ0n) is 18.5. The molecule has 0 aliphatic heterocycles. The van der Waals surface area contributed by atoms with E-state index in [1.165, 1.54) is 0 Å². The Morgan fingerprint density at radius 3 is 2.38 bits per heavy atom.